The van der Waals surface area contributed by atoms with Gasteiger partial charge < -0.3 is 17.7 Å². The number of hydrogen-bond donors (Lipinski definition) is 1. The van der Waals surface area contributed by atoms with E-state index >= 15 is 0 Å². The summed E-state index contributed by atoms with van der Waals surface area (Å²) in [6.45, 7) is 2.06. The molecule has 0 spiro atoms. The zero-order valence-corrected chi connectivity index (χ0v) is 12.8. The smallest absolute Gasteiger partial charge is 0.452 e. The highest BCUT2D eigenvalue weighted by Crippen LogP contribution is 2.13. The molecule has 0 fully saturated rings. The second-order valence-electron chi connectivity index (χ2n) is 3.54. The van der Waals surface area contributed by atoms with Gasteiger partial charge in [0.2, 0.25) is 0 Å². The Labute approximate surface area is 110 Å². The summed E-state index contributed by atoms with van der Waals surface area (Å²) in [7, 11) is 0.954. The summed E-state index contributed by atoms with van der Waals surface area (Å²) < 4.78 is 20.1. The molecule has 0 heterocycles. The van der Waals surface area contributed by atoms with Gasteiger partial charge in [0, 0.05) is 33.0 Å². The van der Waals surface area contributed by atoms with Crippen LogP contribution in [-0.2, 0) is 22.5 Å². The Balaban J connectivity index is 3.99. The largest absolute Gasteiger partial charge is 0.750 e. The second-order valence-corrected chi connectivity index (χ2v) is 6.70. The lowest BCUT2D eigenvalue weighted by molar-refractivity contribution is -0.143. The molecular formula is C10H22O5SSi. The SMILES string of the molecule is CCC(S)CCCC(=O)O[Si](OC)(OC)OC. The van der Waals surface area contributed by atoms with Gasteiger partial charge in [-0.25, -0.2) is 0 Å². The summed E-state index contributed by atoms with van der Waals surface area (Å²) in [6, 6.07) is 0. The van der Waals surface area contributed by atoms with Crippen LogP contribution >= 0.6 is 12.6 Å². The van der Waals surface area contributed by atoms with Crippen molar-refractivity contribution in [1.82, 2.24) is 0 Å². The molecule has 0 aliphatic carbocycles. The molecular weight excluding hydrogens is 260 g/mol. The monoisotopic (exact) mass is 282 g/mol. The van der Waals surface area contributed by atoms with Crippen molar-refractivity contribution in [2.45, 2.75) is 37.9 Å². The average molecular weight is 282 g/mol. The standard InChI is InChI=1S/C10H22O5SSi/c1-5-9(16)7-6-8-10(11)15-17(12-2,13-3)14-4/h9,16H,5-8H2,1-4H3. The predicted molar refractivity (Wildman–Crippen MR) is 69.8 cm³/mol. The summed E-state index contributed by atoms with van der Waals surface area (Å²) in [6.07, 6.45) is 2.94. The molecule has 0 N–H and O–H groups in total. The summed E-state index contributed by atoms with van der Waals surface area (Å²) in [5, 5.41) is 0.331. The summed E-state index contributed by atoms with van der Waals surface area (Å²) >= 11 is 4.36. The molecule has 0 radical (unpaired) electrons. The van der Waals surface area contributed by atoms with Gasteiger partial charge in [0.1, 0.15) is 0 Å². The van der Waals surface area contributed by atoms with E-state index in [0.717, 1.165) is 19.3 Å². The van der Waals surface area contributed by atoms with Gasteiger partial charge in [0.15, 0.2) is 0 Å². The highest BCUT2D eigenvalue weighted by atomic mass is 32.1. The van der Waals surface area contributed by atoms with Crippen molar-refractivity contribution >= 4 is 27.6 Å². The van der Waals surface area contributed by atoms with Crippen LogP contribution < -0.4 is 0 Å². The van der Waals surface area contributed by atoms with E-state index in [0.29, 0.717) is 11.7 Å². The van der Waals surface area contributed by atoms with Crippen LogP contribution in [0, 0.1) is 0 Å². The van der Waals surface area contributed by atoms with E-state index < -0.39 is 9.05 Å². The van der Waals surface area contributed by atoms with Crippen LogP contribution in [0.5, 0.6) is 0 Å². The molecule has 0 rings (SSSR count). The molecule has 0 aromatic carbocycles. The van der Waals surface area contributed by atoms with Crippen molar-refractivity contribution in [2.75, 3.05) is 21.3 Å². The van der Waals surface area contributed by atoms with E-state index in [2.05, 4.69) is 19.6 Å². The van der Waals surface area contributed by atoms with Crippen LogP contribution in [0.15, 0.2) is 0 Å². The van der Waals surface area contributed by atoms with Crippen LogP contribution in [0.2, 0.25) is 0 Å². The maximum absolute atomic E-state index is 11.6. The number of carbonyl (C=O) groups excluding carboxylic acids is 1. The van der Waals surface area contributed by atoms with E-state index in [1.165, 1.54) is 21.3 Å². The van der Waals surface area contributed by atoms with E-state index in [1.807, 2.05) is 0 Å². The number of thiol groups is 1. The Morgan fingerprint density at radius 2 is 1.76 bits per heavy atom. The van der Waals surface area contributed by atoms with E-state index in [4.69, 9.17) is 17.7 Å². The molecule has 102 valence electrons. The van der Waals surface area contributed by atoms with Crippen LogP contribution in [0.25, 0.3) is 0 Å². The van der Waals surface area contributed by atoms with Gasteiger partial charge in [-0.05, 0) is 19.3 Å². The Morgan fingerprint density at radius 3 is 2.18 bits per heavy atom. The topological polar surface area (TPSA) is 54.0 Å². The highest BCUT2D eigenvalue weighted by Gasteiger charge is 2.46. The fraction of sp³-hybridized carbons (Fsp3) is 0.900. The lowest BCUT2D eigenvalue weighted by atomic mass is 10.1. The second kappa shape index (κ2) is 8.93. The predicted octanol–water partition coefficient (Wildman–Crippen LogP) is 1.78. The van der Waals surface area contributed by atoms with Crippen molar-refractivity contribution in [1.29, 1.82) is 0 Å². The maximum Gasteiger partial charge on any atom is 0.750 e. The Kier molecular flexibility index (Phi) is 8.88. The normalized spacial score (nSPS) is 13.5. The minimum Gasteiger partial charge on any atom is -0.452 e. The van der Waals surface area contributed by atoms with E-state index in [1.54, 1.807) is 0 Å². The Morgan fingerprint density at radius 1 is 1.24 bits per heavy atom. The first-order valence-corrected chi connectivity index (χ1v) is 7.73. The maximum atomic E-state index is 11.6. The third kappa shape index (κ3) is 6.42. The fourth-order valence-electron chi connectivity index (χ4n) is 1.25. The highest BCUT2D eigenvalue weighted by molar-refractivity contribution is 7.80. The molecule has 0 saturated heterocycles. The molecule has 7 heteroatoms. The van der Waals surface area contributed by atoms with Crippen molar-refractivity contribution in [3.63, 3.8) is 0 Å². The minimum atomic E-state index is -3.23. The molecule has 1 atom stereocenters. The first-order valence-electron chi connectivity index (χ1n) is 5.58. The third-order valence-electron chi connectivity index (χ3n) is 2.38. The van der Waals surface area contributed by atoms with Crippen molar-refractivity contribution in [3.05, 3.63) is 0 Å². The molecule has 0 aliphatic rings. The average Bonchev–Trinajstić information content (AvgIpc) is 2.36. The van der Waals surface area contributed by atoms with Gasteiger partial charge in [-0.15, -0.1) is 0 Å². The molecule has 1 unspecified atom stereocenters. The Hall–Kier alpha value is -0.0831. The molecule has 0 aliphatic heterocycles. The molecule has 0 saturated carbocycles. The lowest BCUT2D eigenvalue weighted by Gasteiger charge is -2.22. The van der Waals surface area contributed by atoms with Crippen molar-refractivity contribution in [2.24, 2.45) is 0 Å². The van der Waals surface area contributed by atoms with E-state index in [9.17, 15) is 4.79 Å². The number of hydrogen-bond acceptors (Lipinski definition) is 6. The minimum absolute atomic E-state index is 0.321. The first-order chi connectivity index (χ1) is 8.03. The Bertz CT molecular complexity index is 214. The van der Waals surface area contributed by atoms with Crippen molar-refractivity contribution < 1.29 is 22.5 Å². The number of rotatable bonds is 9. The molecule has 0 bridgehead atoms. The molecule has 17 heavy (non-hydrogen) atoms. The molecule has 0 amide bonds. The zero-order chi connectivity index (χ0) is 13.3. The van der Waals surface area contributed by atoms with E-state index in [-0.39, 0.29) is 5.97 Å². The van der Waals surface area contributed by atoms with Crippen LogP contribution in [-0.4, -0.2) is 41.6 Å². The fourth-order valence-corrected chi connectivity index (χ4v) is 2.57. The van der Waals surface area contributed by atoms with Gasteiger partial charge in [-0.3, -0.25) is 4.79 Å². The van der Waals surface area contributed by atoms with Gasteiger partial charge >= 0.3 is 9.05 Å². The van der Waals surface area contributed by atoms with Gasteiger partial charge in [0.05, 0.1) is 0 Å². The zero-order valence-electron chi connectivity index (χ0n) is 10.9. The number of carbonyl (C=O) groups is 1. The summed E-state index contributed by atoms with van der Waals surface area (Å²) in [5.41, 5.74) is 0. The van der Waals surface area contributed by atoms with Gasteiger partial charge in [-0.1, -0.05) is 6.92 Å². The van der Waals surface area contributed by atoms with Crippen LogP contribution in [0.1, 0.15) is 32.6 Å². The summed E-state index contributed by atoms with van der Waals surface area (Å²) in [4.78, 5) is 11.6. The molecule has 0 aromatic rings. The molecule has 0 aromatic heterocycles. The third-order valence-corrected chi connectivity index (χ3v) is 4.98. The van der Waals surface area contributed by atoms with Gasteiger partial charge in [0.25, 0.3) is 5.97 Å². The molecule has 5 nitrogen and oxygen atoms in total. The van der Waals surface area contributed by atoms with Gasteiger partial charge in [-0.2, -0.15) is 12.6 Å². The van der Waals surface area contributed by atoms with Crippen LogP contribution in [0.3, 0.4) is 0 Å². The van der Waals surface area contributed by atoms with Crippen molar-refractivity contribution in [3.8, 4) is 0 Å². The lowest BCUT2D eigenvalue weighted by Crippen LogP contribution is -2.48. The van der Waals surface area contributed by atoms with Crippen LogP contribution in [0.4, 0.5) is 0 Å². The summed E-state index contributed by atoms with van der Waals surface area (Å²) in [5.74, 6) is -0.362. The first kappa shape index (κ1) is 16.9. The quantitative estimate of drug-likeness (QED) is 0.516.